The van der Waals surface area contributed by atoms with Crippen molar-refractivity contribution in [3.8, 4) is 0 Å². The van der Waals surface area contributed by atoms with Crippen LogP contribution in [0.25, 0.3) is 0 Å². The van der Waals surface area contributed by atoms with E-state index in [0.717, 1.165) is 6.42 Å². The Kier molecular flexibility index (Phi) is 6.48. The van der Waals surface area contributed by atoms with E-state index in [2.05, 4.69) is 14.9 Å². The minimum absolute atomic E-state index is 0.0154. The molecule has 1 aromatic heterocycles. The molecule has 8 nitrogen and oxygen atoms in total. The molecule has 24 heavy (non-hydrogen) atoms. The Balaban J connectivity index is 1.92. The van der Waals surface area contributed by atoms with E-state index >= 15 is 0 Å². The van der Waals surface area contributed by atoms with Crippen molar-refractivity contribution in [1.82, 2.24) is 19.8 Å². The van der Waals surface area contributed by atoms with Crippen LogP contribution in [0.15, 0.2) is 18.5 Å². The van der Waals surface area contributed by atoms with Gasteiger partial charge in [-0.05, 0) is 26.0 Å². The van der Waals surface area contributed by atoms with Crippen molar-refractivity contribution in [3.05, 3.63) is 18.5 Å². The first kappa shape index (κ1) is 18.1. The van der Waals surface area contributed by atoms with Gasteiger partial charge in [0, 0.05) is 38.6 Å². The Morgan fingerprint density at radius 2 is 1.88 bits per heavy atom. The van der Waals surface area contributed by atoms with Gasteiger partial charge in [-0.3, -0.25) is 14.5 Å². The van der Waals surface area contributed by atoms with Crippen LogP contribution < -0.4 is 4.90 Å². The first-order valence-electron chi connectivity index (χ1n) is 8.29. The van der Waals surface area contributed by atoms with Crippen LogP contribution in [0.5, 0.6) is 0 Å². The molecule has 1 unspecified atom stereocenters. The topological polar surface area (TPSA) is 89.9 Å². The second-order valence-electron chi connectivity index (χ2n) is 5.90. The lowest BCUT2D eigenvalue weighted by atomic mass is 10.2. The molecule has 1 aliphatic rings. The molecule has 1 atom stereocenters. The zero-order valence-electron chi connectivity index (χ0n) is 14.3. The fourth-order valence-corrected chi connectivity index (χ4v) is 2.87. The molecule has 0 saturated carbocycles. The predicted octanol–water partition coefficient (Wildman–Crippen LogP) is 0.310. The van der Waals surface area contributed by atoms with Gasteiger partial charge in [0.25, 0.3) is 0 Å². The van der Waals surface area contributed by atoms with Gasteiger partial charge in [-0.1, -0.05) is 6.92 Å². The van der Waals surface area contributed by atoms with E-state index in [0.29, 0.717) is 38.7 Å². The molecule has 1 amide bonds. The Morgan fingerprint density at radius 3 is 2.42 bits per heavy atom. The van der Waals surface area contributed by atoms with Crippen LogP contribution in [0.3, 0.4) is 0 Å². The number of carbonyl (C=O) groups is 2. The van der Waals surface area contributed by atoms with Gasteiger partial charge >= 0.3 is 5.97 Å². The fourth-order valence-electron chi connectivity index (χ4n) is 2.87. The third-order valence-corrected chi connectivity index (χ3v) is 4.18. The maximum absolute atomic E-state index is 12.7. The molecule has 0 spiro atoms. The van der Waals surface area contributed by atoms with E-state index in [1.807, 2.05) is 6.92 Å². The lowest BCUT2D eigenvalue weighted by Crippen LogP contribution is -2.55. The minimum atomic E-state index is -0.908. The van der Waals surface area contributed by atoms with Crippen molar-refractivity contribution in [1.29, 1.82) is 0 Å². The third-order valence-electron chi connectivity index (χ3n) is 4.18. The fraction of sp³-hybridized carbons (Fsp3) is 0.625. The van der Waals surface area contributed by atoms with Crippen LogP contribution in [0.2, 0.25) is 0 Å². The molecule has 0 aliphatic carbocycles. The van der Waals surface area contributed by atoms with E-state index in [1.165, 1.54) is 0 Å². The Bertz CT molecular complexity index is 546. The Morgan fingerprint density at radius 1 is 1.25 bits per heavy atom. The number of anilines is 1. The summed E-state index contributed by atoms with van der Waals surface area (Å²) in [5.74, 6) is -0.247. The first-order valence-corrected chi connectivity index (χ1v) is 8.29. The number of carboxylic acids is 1. The second kappa shape index (κ2) is 8.58. The molecular formula is C16H25N5O3. The van der Waals surface area contributed by atoms with Gasteiger partial charge in [-0.25, -0.2) is 9.97 Å². The summed E-state index contributed by atoms with van der Waals surface area (Å²) < 4.78 is 0. The highest BCUT2D eigenvalue weighted by atomic mass is 16.4. The van der Waals surface area contributed by atoms with E-state index in [1.54, 1.807) is 35.2 Å². The number of nitrogens with zero attached hydrogens (tertiary/aromatic N) is 5. The number of carbonyl (C=O) groups excluding carboxylic acids is 1. The minimum Gasteiger partial charge on any atom is -0.480 e. The molecular weight excluding hydrogens is 310 g/mol. The molecule has 2 heterocycles. The zero-order chi connectivity index (χ0) is 17.5. The van der Waals surface area contributed by atoms with Gasteiger partial charge < -0.3 is 14.9 Å². The number of hydrogen-bond donors (Lipinski definition) is 1. The summed E-state index contributed by atoms with van der Waals surface area (Å²) in [4.78, 5) is 37.7. The van der Waals surface area contributed by atoms with Crippen LogP contribution in [0, 0.1) is 0 Å². The summed E-state index contributed by atoms with van der Waals surface area (Å²) >= 11 is 0. The monoisotopic (exact) mass is 335 g/mol. The number of piperazine rings is 1. The van der Waals surface area contributed by atoms with E-state index in [4.69, 9.17) is 5.11 Å². The summed E-state index contributed by atoms with van der Waals surface area (Å²) in [6.07, 6.45) is 4.22. The van der Waals surface area contributed by atoms with Crippen LogP contribution in [0.4, 0.5) is 5.95 Å². The normalized spacial score (nSPS) is 16.3. The number of carboxylic acid groups (broad SMARTS) is 1. The molecule has 1 saturated heterocycles. The molecule has 0 aromatic carbocycles. The van der Waals surface area contributed by atoms with Crippen molar-refractivity contribution < 1.29 is 14.7 Å². The number of rotatable bonds is 7. The molecule has 1 fully saturated rings. The zero-order valence-corrected chi connectivity index (χ0v) is 14.3. The maximum atomic E-state index is 12.7. The lowest BCUT2D eigenvalue weighted by molar-refractivity contribution is -0.142. The van der Waals surface area contributed by atoms with Crippen molar-refractivity contribution in [2.24, 2.45) is 0 Å². The maximum Gasteiger partial charge on any atom is 0.317 e. The largest absolute Gasteiger partial charge is 0.480 e. The summed E-state index contributed by atoms with van der Waals surface area (Å²) in [5.41, 5.74) is 0. The van der Waals surface area contributed by atoms with Crippen LogP contribution >= 0.6 is 0 Å². The molecule has 0 bridgehead atoms. The number of hydrogen-bond acceptors (Lipinski definition) is 6. The number of amides is 1. The molecule has 2 rings (SSSR count). The number of aliphatic carboxylic acids is 1. The highest BCUT2D eigenvalue weighted by molar-refractivity contribution is 5.82. The highest BCUT2D eigenvalue weighted by Crippen LogP contribution is 2.12. The van der Waals surface area contributed by atoms with Gasteiger partial charge in [0.2, 0.25) is 11.9 Å². The SMILES string of the molecule is CCCN(CC(=O)O)C(C)C(=O)N1CCN(c2ncccn2)CC1. The van der Waals surface area contributed by atoms with Crippen molar-refractivity contribution in [2.75, 3.05) is 44.2 Å². The standard InChI is InChI=1S/C16H25N5O3/c1-3-7-21(12-14(22)23)13(2)15(24)19-8-10-20(11-9-19)16-17-5-4-6-18-16/h4-6,13H,3,7-12H2,1-2H3,(H,22,23). The van der Waals surface area contributed by atoms with Crippen molar-refractivity contribution in [3.63, 3.8) is 0 Å². The predicted molar refractivity (Wildman–Crippen MR) is 89.8 cm³/mol. The summed E-state index contributed by atoms with van der Waals surface area (Å²) in [7, 11) is 0. The molecule has 132 valence electrons. The van der Waals surface area contributed by atoms with Gasteiger partial charge in [0.15, 0.2) is 0 Å². The molecule has 8 heteroatoms. The summed E-state index contributed by atoms with van der Waals surface area (Å²) in [6.45, 7) is 6.78. The van der Waals surface area contributed by atoms with E-state index in [9.17, 15) is 9.59 Å². The van der Waals surface area contributed by atoms with Gasteiger partial charge in [-0.2, -0.15) is 0 Å². The van der Waals surface area contributed by atoms with Gasteiger partial charge in [-0.15, -0.1) is 0 Å². The Hall–Kier alpha value is -2.22. The average molecular weight is 335 g/mol. The van der Waals surface area contributed by atoms with E-state index in [-0.39, 0.29) is 12.5 Å². The summed E-state index contributed by atoms with van der Waals surface area (Å²) in [6, 6.07) is 1.34. The van der Waals surface area contributed by atoms with Crippen LogP contribution in [-0.4, -0.2) is 82.1 Å². The second-order valence-corrected chi connectivity index (χ2v) is 5.90. The van der Waals surface area contributed by atoms with Crippen LogP contribution in [-0.2, 0) is 9.59 Å². The average Bonchev–Trinajstić information content (AvgIpc) is 2.60. The molecule has 1 aromatic rings. The summed E-state index contributed by atoms with van der Waals surface area (Å²) in [5, 5.41) is 9.03. The molecule has 1 N–H and O–H groups in total. The van der Waals surface area contributed by atoms with Crippen molar-refractivity contribution in [2.45, 2.75) is 26.3 Å². The highest BCUT2D eigenvalue weighted by Gasteiger charge is 2.29. The van der Waals surface area contributed by atoms with Gasteiger partial charge in [0.1, 0.15) is 0 Å². The number of aromatic nitrogens is 2. The third kappa shape index (κ3) is 4.64. The van der Waals surface area contributed by atoms with Gasteiger partial charge in [0.05, 0.1) is 12.6 Å². The molecule has 0 radical (unpaired) electrons. The quantitative estimate of drug-likeness (QED) is 0.767. The smallest absolute Gasteiger partial charge is 0.317 e. The first-order chi connectivity index (χ1) is 11.5. The molecule has 1 aliphatic heterocycles. The van der Waals surface area contributed by atoms with Crippen molar-refractivity contribution >= 4 is 17.8 Å². The van der Waals surface area contributed by atoms with Crippen LogP contribution in [0.1, 0.15) is 20.3 Å². The Labute approximate surface area is 142 Å². The van der Waals surface area contributed by atoms with E-state index < -0.39 is 12.0 Å². The lowest BCUT2D eigenvalue weighted by Gasteiger charge is -2.37.